The molecule has 1 amide bonds. The predicted octanol–water partition coefficient (Wildman–Crippen LogP) is 4.45. The second-order valence-electron chi connectivity index (χ2n) is 9.70. The molecule has 1 N–H and O–H groups in total. The molecule has 1 atom stereocenters. The maximum Gasteiger partial charge on any atom is 0.391 e. The molecule has 0 unspecified atom stereocenters. The highest BCUT2D eigenvalue weighted by Crippen LogP contribution is 2.41. The van der Waals surface area contributed by atoms with Gasteiger partial charge in [-0.25, -0.2) is 8.42 Å². The third-order valence-corrected chi connectivity index (χ3v) is 9.07. The Hall–Kier alpha value is -2.53. The molecule has 0 bridgehead atoms. The summed E-state index contributed by atoms with van der Waals surface area (Å²) in [5.74, 6) is -1.27. The van der Waals surface area contributed by atoms with Crippen molar-refractivity contribution in [2.24, 2.45) is 11.8 Å². The zero-order valence-corrected chi connectivity index (χ0v) is 21.2. The van der Waals surface area contributed by atoms with E-state index in [2.05, 4.69) is 20.2 Å². The molecule has 1 fully saturated rings. The van der Waals surface area contributed by atoms with Crippen molar-refractivity contribution < 1.29 is 26.4 Å². The molecule has 2 aromatic heterocycles. The number of carbonyl (C=O) groups is 1. The maximum absolute atomic E-state index is 13.0. The van der Waals surface area contributed by atoms with E-state index in [9.17, 15) is 26.4 Å². The summed E-state index contributed by atoms with van der Waals surface area (Å²) >= 11 is 0. The van der Waals surface area contributed by atoms with E-state index in [1.54, 1.807) is 13.0 Å². The normalized spacial score (nSPS) is 22.9. The Labute approximate surface area is 209 Å². The average molecular weight is 525 g/mol. The molecule has 3 heterocycles. The maximum atomic E-state index is 13.0. The van der Waals surface area contributed by atoms with Gasteiger partial charge in [0.25, 0.3) is 5.91 Å². The zero-order chi connectivity index (χ0) is 26.1. The number of aromatic nitrogens is 2. The van der Waals surface area contributed by atoms with Gasteiger partial charge in [0.2, 0.25) is 0 Å². The highest BCUT2D eigenvalue weighted by atomic mass is 32.2. The molecule has 11 heteroatoms. The van der Waals surface area contributed by atoms with Gasteiger partial charge in [0.05, 0.1) is 40.1 Å². The second kappa shape index (κ2) is 10.5. The molecule has 36 heavy (non-hydrogen) atoms. The van der Waals surface area contributed by atoms with E-state index in [1.807, 2.05) is 13.0 Å². The fourth-order valence-corrected chi connectivity index (χ4v) is 5.86. The number of amides is 1. The van der Waals surface area contributed by atoms with Crippen LogP contribution in [0.1, 0.15) is 72.9 Å². The van der Waals surface area contributed by atoms with Gasteiger partial charge in [-0.3, -0.25) is 19.7 Å². The quantitative estimate of drug-likeness (QED) is 0.576. The molecule has 1 saturated carbocycles. The van der Waals surface area contributed by atoms with E-state index in [0.717, 1.165) is 17.8 Å². The Morgan fingerprint density at radius 3 is 2.47 bits per heavy atom. The monoisotopic (exact) mass is 524 g/mol. The summed E-state index contributed by atoms with van der Waals surface area (Å²) in [6, 6.07) is 4.92. The number of hydrogen-bond donors (Lipinski definition) is 1. The Morgan fingerprint density at radius 2 is 1.86 bits per heavy atom. The van der Waals surface area contributed by atoms with Crippen molar-refractivity contribution in [2.45, 2.75) is 69.7 Å². The highest BCUT2D eigenvalue weighted by molar-refractivity contribution is 7.91. The predicted molar refractivity (Wildman–Crippen MR) is 128 cm³/mol. The molecular weight excluding hydrogens is 493 g/mol. The van der Waals surface area contributed by atoms with Gasteiger partial charge in [-0.15, -0.1) is 0 Å². The van der Waals surface area contributed by atoms with Crippen molar-refractivity contribution in [1.29, 1.82) is 0 Å². The summed E-state index contributed by atoms with van der Waals surface area (Å²) in [6.07, 6.45) is 0.262. The minimum atomic E-state index is -4.10. The Bertz CT molecular complexity index is 1190. The first-order valence-corrected chi connectivity index (χ1v) is 13.9. The van der Waals surface area contributed by atoms with Gasteiger partial charge in [-0.05, 0) is 62.3 Å². The first-order chi connectivity index (χ1) is 17.0. The van der Waals surface area contributed by atoms with Crippen LogP contribution in [-0.2, 0) is 22.9 Å². The van der Waals surface area contributed by atoms with Crippen LogP contribution in [0.25, 0.3) is 0 Å². The van der Waals surface area contributed by atoms with Gasteiger partial charge in [-0.1, -0.05) is 6.92 Å². The molecule has 0 aromatic carbocycles. The van der Waals surface area contributed by atoms with Crippen LogP contribution in [0.2, 0.25) is 0 Å². The minimum Gasteiger partial charge on any atom is -0.346 e. The van der Waals surface area contributed by atoms with Crippen molar-refractivity contribution in [3.05, 3.63) is 53.1 Å². The lowest BCUT2D eigenvalue weighted by atomic mass is 9.81. The topological polar surface area (TPSA) is 92.3 Å². The summed E-state index contributed by atoms with van der Waals surface area (Å²) in [4.78, 5) is 23.7. The average Bonchev–Trinajstić information content (AvgIpc) is 3.16. The van der Waals surface area contributed by atoms with Gasteiger partial charge >= 0.3 is 6.18 Å². The van der Waals surface area contributed by atoms with Crippen LogP contribution >= 0.6 is 0 Å². The van der Waals surface area contributed by atoms with E-state index in [-0.39, 0.29) is 47.9 Å². The fraction of sp³-hybridized carbons (Fsp3) is 0.560. The van der Waals surface area contributed by atoms with E-state index in [0.29, 0.717) is 30.6 Å². The smallest absolute Gasteiger partial charge is 0.346 e. The largest absolute Gasteiger partial charge is 0.391 e. The third kappa shape index (κ3) is 5.88. The zero-order valence-electron chi connectivity index (χ0n) is 20.4. The van der Waals surface area contributed by atoms with Gasteiger partial charge in [0.15, 0.2) is 9.84 Å². The summed E-state index contributed by atoms with van der Waals surface area (Å²) in [6.45, 7) is 5.08. The van der Waals surface area contributed by atoms with Crippen LogP contribution in [0.4, 0.5) is 13.2 Å². The summed E-state index contributed by atoms with van der Waals surface area (Å²) in [7, 11) is -3.33. The third-order valence-electron chi connectivity index (χ3n) is 7.35. The number of rotatable bonds is 7. The molecule has 0 saturated heterocycles. The number of fused-ring (bicyclic) bond motifs is 1. The number of halogens is 3. The lowest BCUT2D eigenvalue weighted by molar-refractivity contribution is -0.184. The molecular formula is C25H31F3N4O3S. The molecule has 1 aliphatic carbocycles. The molecule has 0 radical (unpaired) electrons. The second-order valence-corrected chi connectivity index (χ2v) is 12.0. The molecule has 2 aliphatic rings. The first kappa shape index (κ1) is 26.5. The Morgan fingerprint density at radius 1 is 1.14 bits per heavy atom. The van der Waals surface area contributed by atoms with Crippen LogP contribution in [0, 0.1) is 11.8 Å². The van der Waals surface area contributed by atoms with Crippen LogP contribution in [0.15, 0.2) is 35.5 Å². The highest BCUT2D eigenvalue weighted by Gasteiger charge is 2.42. The van der Waals surface area contributed by atoms with Crippen molar-refractivity contribution in [1.82, 2.24) is 20.2 Å². The summed E-state index contributed by atoms with van der Waals surface area (Å²) in [5, 5.41) is 2.79. The first-order valence-electron chi connectivity index (χ1n) is 12.2. The van der Waals surface area contributed by atoms with Gasteiger partial charge < -0.3 is 5.32 Å². The number of sulfone groups is 1. The molecule has 1 aliphatic heterocycles. The SMILES string of the molecule is CCS(=O)(=O)c1ccc(CNC(=O)c2cnc3c(c2)CN(CC2CCC(C(F)(F)F)CC2)[C@H]3C)nc1. The van der Waals surface area contributed by atoms with Crippen molar-refractivity contribution in [2.75, 3.05) is 12.3 Å². The van der Waals surface area contributed by atoms with Gasteiger partial charge in [0, 0.05) is 31.5 Å². The lowest BCUT2D eigenvalue weighted by Crippen LogP contribution is -2.33. The van der Waals surface area contributed by atoms with Gasteiger partial charge in [0.1, 0.15) is 0 Å². The van der Waals surface area contributed by atoms with Crippen LogP contribution in [0.3, 0.4) is 0 Å². The van der Waals surface area contributed by atoms with E-state index in [1.165, 1.54) is 18.5 Å². The molecule has 4 rings (SSSR count). The van der Waals surface area contributed by atoms with Crippen LogP contribution < -0.4 is 5.32 Å². The molecule has 196 valence electrons. The minimum absolute atomic E-state index is 0.00861. The number of hydrogen-bond acceptors (Lipinski definition) is 6. The number of alkyl halides is 3. The summed E-state index contributed by atoms with van der Waals surface area (Å²) < 4.78 is 62.7. The van der Waals surface area contributed by atoms with E-state index < -0.39 is 21.9 Å². The standard InChI is InChI=1S/C25H31F3N4O3S/c1-3-36(34,35)22-9-8-21(29-13-22)12-31-24(33)18-10-19-15-32(16(2)23(19)30-11-18)14-17-4-6-20(7-5-17)25(26,27)28/h8-11,13,16-17,20H,3-7,12,14-15H2,1-2H3,(H,31,33)/t16-,17?,20?/m0/s1. The number of carbonyl (C=O) groups excluding carboxylic acids is 1. The van der Waals surface area contributed by atoms with E-state index >= 15 is 0 Å². The Balaban J connectivity index is 1.32. The molecule has 2 aromatic rings. The van der Waals surface area contributed by atoms with E-state index in [4.69, 9.17) is 0 Å². The lowest BCUT2D eigenvalue weighted by Gasteiger charge is -2.33. The number of pyridine rings is 2. The van der Waals surface area contributed by atoms with Crippen LogP contribution in [-0.4, -0.2) is 47.7 Å². The molecule has 7 nitrogen and oxygen atoms in total. The van der Waals surface area contributed by atoms with Crippen molar-refractivity contribution in [3.63, 3.8) is 0 Å². The van der Waals surface area contributed by atoms with Crippen LogP contribution in [0.5, 0.6) is 0 Å². The number of nitrogens with zero attached hydrogens (tertiary/aromatic N) is 3. The van der Waals surface area contributed by atoms with Gasteiger partial charge in [-0.2, -0.15) is 13.2 Å². The van der Waals surface area contributed by atoms with Crippen molar-refractivity contribution in [3.8, 4) is 0 Å². The fourth-order valence-electron chi connectivity index (χ4n) is 5.04. The molecule has 0 spiro atoms. The summed E-state index contributed by atoms with van der Waals surface area (Å²) in [5.41, 5.74) is 2.79. The number of nitrogens with one attached hydrogen (secondary N) is 1. The van der Waals surface area contributed by atoms with Crippen molar-refractivity contribution >= 4 is 15.7 Å². The Kier molecular flexibility index (Phi) is 7.70.